The van der Waals surface area contributed by atoms with Crippen molar-refractivity contribution in [2.24, 2.45) is 28.1 Å². The second-order valence-electron chi connectivity index (χ2n) is 9.49. The molecule has 0 fully saturated rings. The van der Waals surface area contributed by atoms with E-state index in [4.69, 9.17) is 17.2 Å². The van der Waals surface area contributed by atoms with Gasteiger partial charge in [-0.15, -0.1) is 0 Å². The molecule has 0 aliphatic rings. The van der Waals surface area contributed by atoms with Crippen LogP contribution in [0.15, 0.2) is 35.5 Å². The Morgan fingerprint density at radius 2 is 1.61 bits per heavy atom. The Morgan fingerprint density at radius 1 is 0.974 bits per heavy atom. The quantitative estimate of drug-likeness (QED) is 0.0882. The Labute approximate surface area is 221 Å². The Balaban J connectivity index is 2.31. The summed E-state index contributed by atoms with van der Waals surface area (Å²) in [5.41, 5.74) is 18.0. The van der Waals surface area contributed by atoms with Crippen LogP contribution in [0.4, 0.5) is 0 Å². The molecule has 4 atom stereocenters. The molecule has 1 aromatic carbocycles. The van der Waals surface area contributed by atoms with E-state index >= 15 is 0 Å². The van der Waals surface area contributed by atoms with E-state index in [1.807, 2.05) is 24.3 Å². The average molecular weight is 531 g/mol. The molecule has 3 amide bonds. The number of carbonyl (C=O) groups excluding carboxylic acids is 3. The highest BCUT2D eigenvalue weighted by atomic mass is 16.4. The second-order valence-corrected chi connectivity index (χ2v) is 9.49. The molecule has 208 valence electrons. The van der Waals surface area contributed by atoms with Gasteiger partial charge >= 0.3 is 5.97 Å². The number of H-pyrrole nitrogens is 1. The monoisotopic (exact) mass is 530 g/mol. The number of aromatic amines is 1. The van der Waals surface area contributed by atoms with Gasteiger partial charge < -0.3 is 43.2 Å². The SMILES string of the molecule is CC(N)C(=O)NC(CCCN=C(N)N)C(=O)NC(Cc1c[nH]c2ccccc12)C(=O)NC(C(=O)O)C(C)C. The number of nitrogens with two attached hydrogens (primary N) is 3. The number of hydrogen-bond donors (Lipinski definition) is 8. The van der Waals surface area contributed by atoms with Gasteiger partial charge in [0.1, 0.15) is 18.1 Å². The van der Waals surface area contributed by atoms with Gasteiger partial charge in [0.2, 0.25) is 17.7 Å². The summed E-state index contributed by atoms with van der Waals surface area (Å²) in [5.74, 6) is -3.51. The van der Waals surface area contributed by atoms with Crippen molar-refractivity contribution in [2.45, 2.75) is 64.2 Å². The van der Waals surface area contributed by atoms with Gasteiger partial charge in [0.25, 0.3) is 0 Å². The molecule has 4 unspecified atom stereocenters. The van der Waals surface area contributed by atoms with Crippen molar-refractivity contribution in [1.29, 1.82) is 0 Å². The molecule has 0 aliphatic carbocycles. The molecule has 38 heavy (non-hydrogen) atoms. The molecule has 1 heterocycles. The van der Waals surface area contributed by atoms with Crippen molar-refractivity contribution in [2.75, 3.05) is 6.54 Å². The lowest BCUT2D eigenvalue weighted by Crippen LogP contribution is -2.58. The summed E-state index contributed by atoms with van der Waals surface area (Å²) in [6.07, 6.45) is 2.35. The number of amides is 3. The topological polar surface area (TPSA) is 231 Å². The largest absolute Gasteiger partial charge is 0.480 e. The second kappa shape index (κ2) is 14.0. The highest BCUT2D eigenvalue weighted by Gasteiger charge is 2.31. The molecule has 0 radical (unpaired) electrons. The predicted molar refractivity (Wildman–Crippen MR) is 144 cm³/mol. The predicted octanol–water partition coefficient (Wildman–Crippen LogP) is -0.694. The minimum atomic E-state index is -1.19. The van der Waals surface area contributed by atoms with Crippen LogP contribution in [0.25, 0.3) is 10.9 Å². The van der Waals surface area contributed by atoms with Gasteiger partial charge in [-0.2, -0.15) is 0 Å². The van der Waals surface area contributed by atoms with E-state index in [0.29, 0.717) is 6.42 Å². The van der Waals surface area contributed by atoms with Crippen LogP contribution in [0, 0.1) is 5.92 Å². The lowest BCUT2D eigenvalue weighted by molar-refractivity contribution is -0.143. The maximum absolute atomic E-state index is 13.3. The lowest BCUT2D eigenvalue weighted by atomic mass is 10.0. The summed E-state index contributed by atoms with van der Waals surface area (Å²) in [6.45, 7) is 5.05. The number of fused-ring (bicyclic) bond motifs is 1. The Bertz CT molecular complexity index is 1160. The highest BCUT2D eigenvalue weighted by Crippen LogP contribution is 2.19. The van der Waals surface area contributed by atoms with Crippen molar-refractivity contribution in [3.05, 3.63) is 36.0 Å². The number of carbonyl (C=O) groups is 4. The number of para-hydroxylation sites is 1. The van der Waals surface area contributed by atoms with Gasteiger partial charge in [-0.1, -0.05) is 32.0 Å². The molecule has 2 rings (SSSR count). The molecular weight excluding hydrogens is 492 g/mol. The minimum absolute atomic E-state index is 0.0774. The average Bonchev–Trinajstić information content (AvgIpc) is 3.25. The summed E-state index contributed by atoms with van der Waals surface area (Å²) in [6, 6.07) is 3.29. The first kappa shape index (κ1) is 30.1. The minimum Gasteiger partial charge on any atom is -0.480 e. The Morgan fingerprint density at radius 3 is 2.21 bits per heavy atom. The molecule has 1 aromatic heterocycles. The number of carboxylic acid groups (broad SMARTS) is 1. The zero-order chi connectivity index (χ0) is 28.4. The third-order valence-electron chi connectivity index (χ3n) is 5.95. The van der Waals surface area contributed by atoms with Crippen LogP contribution in [0.1, 0.15) is 39.2 Å². The van der Waals surface area contributed by atoms with Crippen LogP contribution in [0.3, 0.4) is 0 Å². The summed E-state index contributed by atoms with van der Waals surface area (Å²) in [5, 5.41) is 18.2. The third-order valence-corrected chi connectivity index (χ3v) is 5.95. The van der Waals surface area contributed by atoms with Crippen LogP contribution in [0.5, 0.6) is 0 Å². The van der Waals surface area contributed by atoms with Crippen LogP contribution in [0.2, 0.25) is 0 Å². The molecule has 13 nitrogen and oxygen atoms in total. The highest BCUT2D eigenvalue weighted by molar-refractivity contribution is 5.94. The number of rotatable bonds is 14. The molecule has 0 spiro atoms. The van der Waals surface area contributed by atoms with Gasteiger partial charge in [-0.25, -0.2) is 4.79 Å². The normalized spacial score (nSPS) is 14.2. The van der Waals surface area contributed by atoms with E-state index in [-0.39, 0.29) is 25.3 Å². The van der Waals surface area contributed by atoms with Gasteiger partial charge in [0, 0.05) is 30.1 Å². The van der Waals surface area contributed by atoms with Crippen molar-refractivity contribution in [3.8, 4) is 0 Å². The van der Waals surface area contributed by atoms with E-state index in [1.54, 1.807) is 20.0 Å². The first-order valence-corrected chi connectivity index (χ1v) is 12.4. The fourth-order valence-electron chi connectivity index (χ4n) is 3.84. The van der Waals surface area contributed by atoms with Crippen molar-refractivity contribution in [1.82, 2.24) is 20.9 Å². The van der Waals surface area contributed by atoms with E-state index in [1.165, 1.54) is 6.92 Å². The smallest absolute Gasteiger partial charge is 0.326 e. The number of nitrogens with one attached hydrogen (secondary N) is 4. The van der Waals surface area contributed by atoms with Gasteiger partial charge in [0.15, 0.2) is 5.96 Å². The van der Waals surface area contributed by atoms with Crippen LogP contribution in [-0.2, 0) is 25.6 Å². The molecule has 11 N–H and O–H groups in total. The zero-order valence-corrected chi connectivity index (χ0v) is 21.9. The first-order valence-electron chi connectivity index (χ1n) is 12.4. The molecule has 0 saturated carbocycles. The Kier molecular flexibility index (Phi) is 11.1. The number of aliphatic carboxylic acids is 1. The molecule has 13 heteroatoms. The van der Waals surface area contributed by atoms with Gasteiger partial charge in [0.05, 0.1) is 6.04 Å². The van der Waals surface area contributed by atoms with Crippen LogP contribution >= 0.6 is 0 Å². The van der Waals surface area contributed by atoms with Crippen molar-refractivity contribution in [3.63, 3.8) is 0 Å². The van der Waals surface area contributed by atoms with Crippen LogP contribution < -0.4 is 33.2 Å². The summed E-state index contributed by atoms with van der Waals surface area (Å²) in [4.78, 5) is 57.6. The van der Waals surface area contributed by atoms with E-state index in [0.717, 1.165) is 16.5 Å². The number of aliphatic imine (C=N–C) groups is 1. The standard InChI is InChI=1S/C25H38N8O5/c1-13(2)20(24(37)38)33-23(36)19(11-15-12-30-17-8-5-4-7-16(15)17)32-22(35)18(31-21(34)14(3)26)9-6-10-29-25(27)28/h4-5,7-8,12-14,18-20,30H,6,9-11,26H2,1-3H3,(H,31,34)(H,32,35)(H,33,36)(H,37,38)(H4,27,28,29). The van der Waals surface area contributed by atoms with Crippen molar-refractivity contribution >= 4 is 40.6 Å². The number of guanidine groups is 1. The molecule has 0 saturated heterocycles. The maximum Gasteiger partial charge on any atom is 0.326 e. The van der Waals surface area contributed by atoms with Crippen LogP contribution in [-0.4, -0.2) is 70.5 Å². The van der Waals surface area contributed by atoms with Gasteiger partial charge in [-0.05, 0) is 37.3 Å². The molecular formula is C25H38N8O5. The number of carboxylic acids is 1. The summed E-state index contributed by atoms with van der Waals surface area (Å²) in [7, 11) is 0. The molecule has 0 aliphatic heterocycles. The lowest BCUT2D eigenvalue weighted by Gasteiger charge is -2.26. The number of hydrogen-bond acceptors (Lipinski definition) is 6. The molecule has 0 bridgehead atoms. The zero-order valence-electron chi connectivity index (χ0n) is 21.9. The fraction of sp³-hybridized carbons (Fsp3) is 0.480. The third kappa shape index (κ3) is 8.76. The fourth-order valence-corrected chi connectivity index (χ4v) is 3.84. The first-order chi connectivity index (χ1) is 17.9. The number of benzene rings is 1. The molecule has 2 aromatic rings. The summed E-state index contributed by atoms with van der Waals surface area (Å²) >= 11 is 0. The summed E-state index contributed by atoms with van der Waals surface area (Å²) < 4.78 is 0. The van der Waals surface area contributed by atoms with Gasteiger partial charge in [-0.3, -0.25) is 19.4 Å². The number of nitrogens with zero attached hydrogens (tertiary/aromatic N) is 1. The maximum atomic E-state index is 13.3. The van der Waals surface area contributed by atoms with E-state index < -0.39 is 53.8 Å². The van der Waals surface area contributed by atoms with Crippen molar-refractivity contribution < 1.29 is 24.3 Å². The number of aromatic nitrogens is 1. The van der Waals surface area contributed by atoms with E-state index in [9.17, 15) is 24.3 Å². The Hall–Kier alpha value is -4.13. The van der Waals surface area contributed by atoms with E-state index in [2.05, 4.69) is 25.9 Å².